The molecule has 11 heavy (non-hydrogen) atoms. The van der Waals surface area contributed by atoms with Crippen LogP contribution < -0.4 is 0 Å². The van der Waals surface area contributed by atoms with Crippen LogP contribution in [-0.4, -0.2) is 28.7 Å². The van der Waals surface area contributed by atoms with Crippen molar-refractivity contribution in [3.05, 3.63) is 12.2 Å². The summed E-state index contributed by atoms with van der Waals surface area (Å²) < 4.78 is 2.64. The van der Waals surface area contributed by atoms with E-state index < -0.39 is 0 Å². The van der Waals surface area contributed by atoms with E-state index in [4.69, 9.17) is 0 Å². The zero-order valence-electron chi connectivity index (χ0n) is 8.36. The Morgan fingerprint density at radius 1 is 1.18 bits per heavy atom. The first-order valence-corrected chi connectivity index (χ1v) is 8.86. The van der Waals surface area contributed by atoms with Gasteiger partial charge in [-0.2, -0.15) is 0 Å². The van der Waals surface area contributed by atoms with E-state index in [0.29, 0.717) is 0 Å². The van der Waals surface area contributed by atoms with E-state index in [-0.39, 0.29) is 17.9 Å². The molecule has 3 heteroatoms. The maximum atomic E-state index is 3.95. The summed E-state index contributed by atoms with van der Waals surface area (Å²) in [6, 6.07) is 0. The molecule has 0 fully saturated rings. The summed E-state index contributed by atoms with van der Waals surface area (Å²) in [5.41, 5.74) is 1.29. The molecule has 0 saturated carbocycles. The van der Waals surface area contributed by atoms with Crippen molar-refractivity contribution >= 4 is 17.9 Å². The lowest BCUT2D eigenvalue weighted by Crippen LogP contribution is -2.43. The van der Waals surface area contributed by atoms with Crippen molar-refractivity contribution in [3.63, 3.8) is 0 Å². The van der Waals surface area contributed by atoms with Crippen molar-refractivity contribution in [2.45, 2.75) is 33.1 Å². The maximum Gasteiger partial charge on any atom is 0.122 e. The lowest BCUT2D eigenvalue weighted by molar-refractivity contribution is 0.706. The first kappa shape index (κ1) is 11.1. The smallest absolute Gasteiger partial charge is 0.122 e. The van der Waals surface area contributed by atoms with Gasteiger partial charge in [-0.25, -0.2) is 0 Å². The van der Waals surface area contributed by atoms with E-state index in [1.165, 1.54) is 5.57 Å². The summed E-state index contributed by atoms with van der Waals surface area (Å²) in [5.74, 6) is 0. The topological polar surface area (TPSA) is 3.24 Å². The lowest BCUT2D eigenvalue weighted by atomic mass is 10.4. The van der Waals surface area contributed by atoms with Gasteiger partial charge in [0.15, 0.2) is 0 Å². The minimum atomic E-state index is -0.250. The predicted molar refractivity (Wildman–Crippen MR) is 56.5 cm³/mol. The van der Waals surface area contributed by atoms with Crippen molar-refractivity contribution in [1.82, 2.24) is 4.23 Å². The van der Waals surface area contributed by atoms with Crippen molar-refractivity contribution in [3.8, 4) is 0 Å². The molecular weight excluding hydrogens is 166 g/mol. The zero-order valence-corrected chi connectivity index (χ0v) is 10.4. The molecule has 0 heterocycles. The molecule has 0 amide bonds. The van der Waals surface area contributed by atoms with Crippen LogP contribution >= 0.6 is 0 Å². The van der Waals surface area contributed by atoms with Gasteiger partial charge in [-0.1, -0.05) is 38.3 Å². The highest BCUT2D eigenvalue weighted by molar-refractivity contribution is 6.69. The molecule has 0 aromatic heterocycles. The van der Waals surface area contributed by atoms with Crippen LogP contribution in [0.4, 0.5) is 0 Å². The van der Waals surface area contributed by atoms with Gasteiger partial charge in [-0.05, 0) is 6.92 Å². The van der Waals surface area contributed by atoms with Gasteiger partial charge < -0.3 is 4.23 Å². The second kappa shape index (κ2) is 4.90. The van der Waals surface area contributed by atoms with Crippen LogP contribution in [0.2, 0.25) is 26.2 Å². The SMILES string of the molecule is C=C(C)CN([Si](C)C)[Si](C)C. The number of hydrogen-bond donors (Lipinski definition) is 0. The van der Waals surface area contributed by atoms with Gasteiger partial charge in [0.2, 0.25) is 0 Å². The maximum absolute atomic E-state index is 3.95. The molecule has 0 saturated heterocycles. The van der Waals surface area contributed by atoms with Gasteiger partial charge in [0.25, 0.3) is 0 Å². The number of rotatable bonds is 4. The van der Waals surface area contributed by atoms with E-state index in [9.17, 15) is 0 Å². The minimum Gasteiger partial charge on any atom is -0.344 e. The van der Waals surface area contributed by atoms with Gasteiger partial charge in [0.1, 0.15) is 17.9 Å². The molecular formula is C8H19NSi2. The monoisotopic (exact) mass is 185 g/mol. The Hall–Kier alpha value is 0.134. The van der Waals surface area contributed by atoms with Gasteiger partial charge in [0.05, 0.1) is 0 Å². The molecule has 2 radical (unpaired) electrons. The fraction of sp³-hybridized carbons (Fsp3) is 0.750. The third-order valence-corrected chi connectivity index (χ3v) is 6.67. The first-order valence-electron chi connectivity index (χ1n) is 3.97. The molecule has 0 bridgehead atoms. The Bertz CT molecular complexity index is 124. The van der Waals surface area contributed by atoms with E-state index in [1.54, 1.807) is 0 Å². The second-order valence-corrected chi connectivity index (χ2v) is 8.75. The van der Waals surface area contributed by atoms with Crippen LogP contribution in [0.15, 0.2) is 12.2 Å². The number of hydrogen-bond acceptors (Lipinski definition) is 1. The number of nitrogens with zero attached hydrogens (tertiary/aromatic N) is 1. The van der Waals surface area contributed by atoms with Crippen LogP contribution in [0.5, 0.6) is 0 Å². The summed E-state index contributed by atoms with van der Waals surface area (Å²) in [6.45, 7) is 16.6. The van der Waals surface area contributed by atoms with Crippen LogP contribution in [0.3, 0.4) is 0 Å². The van der Waals surface area contributed by atoms with Gasteiger partial charge in [0, 0.05) is 6.54 Å². The van der Waals surface area contributed by atoms with Gasteiger partial charge in [-0.3, -0.25) is 0 Å². The van der Waals surface area contributed by atoms with E-state index in [1.807, 2.05) is 0 Å². The highest BCUT2D eigenvalue weighted by Crippen LogP contribution is 2.02. The third kappa shape index (κ3) is 4.55. The zero-order chi connectivity index (χ0) is 9.02. The Labute approximate surface area is 74.5 Å². The molecule has 0 aliphatic carbocycles. The molecule has 0 spiro atoms. The predicted octanol–water partition coefficient (Wildman–Crippen LogP) is 2.37. The quantitative estimate of drug-likeness (QED) is 0.480. The molecule has 64 valence electrons. The van der Waals surface area contributed by atoms with Crippen LogP contribution in [0.25, 0.3) is 0 Å². The molecule has 0 aromatic carbocycles. The van der Waals surface area contributed by atoms with E-state index in [0.717, 1.165) is 6.54 Å². The van der Waals surface area contributed by atoms with Crippen molar-refractivity contribution in [2.75, 3.05) is 6.54 Å². The first-order chi connectivity index (χ1) is 4.95. The average Bonchev–Trinajstić information content (AvgIpc) is 1.81. The minimum absolute atomic E-state index is 0.250. The van der Waals surface area contributed by atoms with E-state index >= 15 is 0 Å². The molecule has 0 aliphatic rings. The third-order valence-electron chi connectivity index (χ3n) is 1.51. The summed E-state index contributed by atoms with van der Waals surface area (Å²) in [4.78, 5) is 0. The fourth-order valence-electron chi connectivity index (χ4n) is 1.03. The van der Waals surface area contributed by atoms with Crippen molar-refractivity contribution in [1.29, 1.82) is 0 Å². The fourth-order valence-corrected chi connectivity index (χ4v) is 5.78. The highest BCUT2D eigenvalue weighted by Gasteiger charge is 2.14. The van der Waals surface area contributed by atoms with Crippen LogP contribution in [0, 0.1) is 0 Å². The van der Waals surface area contributed by atoms with Gasteiger partial charge in [-0.15, -0.1) is 0 Å². The Kier molecular flexibility index (Phi) is 4.96. The average molecular weight is 185 g/mol. The summed E-state index contributed by atoms with van der Waals surface area (Å²) >= 11 is 0. The van der Waals surface area contributed by atoms with Crippen molar-refractivity contribution in [2.24, 2.45) is 0 Å². The van der Waals surface area contributed by atoms with Gasteiger partial charge >= 0.3 is 0 Å². The molecule has 0 aromatic rings. The summed E-state index contributed by atoms with van der Waals surface area (Å²) in [7, 11) is -0.500. The second-order valence-electron chi connectivity index (χ2n) is 3.44. The van der Waals surface area contributed by atoms with Crippen LogP contribution in [-0.2, 0) is 0 Å². The van der Waals surface area contributed by atoms with E-state index in [2.05, 4.69) is 43.9 Å². The summed E-state index contributed by atoms with van der Waals surface area (Å²) in [6.07, 6.45) is 0. The Balaban J connectivity index is 4.00. The van der Waals surface area contributed by atoms with Crippen LogP contribution in [0.1, 0.15) is 6.92 Å². The largest absolute Gasteiger partial charge is 0.344 e. The van der Waals surface area contributed by atoms with Crippen molar-refractivity contribution < 1.29 is 0 Å². The summed E-state index contributed by atoms with van der Waals surface area (Å²) in [5, 5.41) is 0. The molecule has 0 N–H and O–H groups in total. The molecule has 0 atom stereocenters. The molecule has 1 nitrogen and oxygen atoms in total. The molecule has 0 rings (SSSR count). The lowest BCUT2D eigenvalue weighted by Gasteiger charge is -2.28. The normalized spacial score (nSPS) is 11.6. The Morgan fingerprint density at radius 2 is 1.55 bits per heavy atom. The molecule has 0 aliphatic heterocycles. The Morgan fingerprint density at radius 3 is 1.64 bits per heavy atom. The standard InChI is InChI=1S/C8H19NSi2/c1-8(2)7-9(10(3)4)11(5)6/h1,7H2,2-6H3. The molecule has 0 unspecified atom stereocenters. The highest BCUT2D eigenvalue weighted by atomic mass is 28.3.